The lowest BCUT2D eigenvalue weighted by atomic mass is 9.79. The predicted octanol–water partition coefficient (Wildman–Crippen LogP) is 6.86. The fraction of sp³-hybridized carbons (Fsp3) is 0.583. The average Bonchev–Trinajstić information content (AvgIpc) is 2.88. The normalized spacial score (nSPS) is 16.3. The molecule has 0 radical (unpaired) electrons. The molecule has 3 rings (SSSR count). The second-order valence-corrected chi connectivity index (χ2v) is 11.4. The van der Waals surface area contributed by atoms with Crippen molar-refractivity contribution >= 4 is 11.8 Å². The molecule has 1 aromatic heterocycles. The lowest BCUT2D eigenvalue weighted by Gasteiger charge is -2.28. The third-order valence-corrected chi connectivity index (χ3v) is 6.81. The predicted molar refractivity (Wildman–Crippen MR) is 120 cm³/mol. The zero-order valence-corrected chi connectivity index (χ0v) is 19.4. The van der Waals surface area contributed by atoms with Crippen molar-refractivity contribution in [3.8, 4) is 17.5 Å². The summed E-state index contributed by atoms with van der Waals surface area (Å²) in [5.74, 6) is 0.617. The first-order valence-electron chi connectivity index (χ1n) is 10.6. The van der Waals surface area contributed by atoms with Gasteiger partial charge in [0.1, 0.15) is 5.75 Å². The van der Waals surface area contributed by atoms with E-state index >= 15 is 0 Å². The van der Waals surface area contributed by atoms with Gasteiger partial charge in [-0.05, 0) is 35.8 Å². The Hall–Kier alpha value is -1.75. The van der Waals surface area contributed by atoms with Crippen molar-refractivity contribution < 1.29 is 15.3 Å². The average molecular weight is 418 g/mol. The Morgan fingerprint density at radius 1 is 0.828 bits per heavy atom. The fourth-order valence-electron chi connectivity index (χ4n) is 4.19. The molecule has 3 N–H and O–H groups in total. The molecular formula is C24H35NO3S. The maximum absolute atomic E-state index is 10.9. The van der Waals surface area contributed by atoms with Crippen molar-refractivity contribution in [2.24, 2.45) is 0 Å². The molecule has 0 aliphatic heterocycles. The van der Waals surface area contributed by atoms with Gasteiger partial charge < -0.3 is 15.3 Å². The first-order chi connectivity index (χ1) is 13.4. The highest BCUT2D eigenvalue weighted by molar-refractivity contribution is 7.99. The van der Waals surface area contributed by atoms with Gasteiger partial charge in [0.05, 0.1) is 4.90 Å². The van der Waals surface area contributed by atoms with Gasteiger partial charge in [-0.3, -0.25) is 4.57 Å². The number of aromatic hydroxyl groups is 3. The van der Waals surface area contributed by atoms with Crippen LogP contribution in [0.3, 0.4) is 0 Å². The maximum Gasteiger partial charge on any atom is 0.208 e. The molecule has 1 saturated carbocycles. The Labute approximate surface area is 179 Å². The molecule has 0 atom stereocenters. The summed E-state index contributed by atoms with van der Waals surface area (Å²) in [6.45, 7) is 12.5. The van der Waals surface area contributed by atoms with E-state index in [1.54, 1.807) is 10.6 Å². The van der Waals surface area contributed by atoms with Crippen LogP contribution in [0.25, 0.3) is 0 Å². The van der Waals surface area contributed by atoms with Crippen LogP contribution in [0, 0.1) is 0 Å². The summed E-state index contributed by atoms with van der Waals surface area (Å²) in [7, 11) is 0. The minimum atomic E-state index is -0.209. The Bertz CT molecular complexity index is 846. The summed E-state index contributed by atoms with van der Waals surface area (Å²) in [5.41, 5.74) is 1.36. The summed E-state index contributed by atoms with van der Waals surface area (Å²) >= 11 is 1.44. The SMILES string of the molecule is CC(C)(C)c1cc(Sc2cc(O)n(C3CCCCC3)c2O)cc(C(C)(C)C)c1O. The van der Waals surface area contributed by atoms with Crippen LogP contribution in [0.15, 0.2) is 28.0 Å². The van der Waals surface area contributed by atoms with Crippen molar-refractivity contribution in [3.05, 3.63) is 29.3 Å². The molecule has 1 aromatic carbocycles. The lowest BCUT2D eigenvalue weighted by molar-refractivity contribution is 0.280. The highest BCUT2D eigenvalue weighted by atomic mass is 32.2. The van der Waals surface area contributed by atoms with Crippen molar-refractivity contribution in [1.82, 2.24) is 4.57 Å². The maximum atomic E-state index is 10.9. The topological polar surface area (TPSA) is 65.6 Å². The molecule has 1 aliphatic rings. The zero-order chi connectivity index (χ0) is 21.6. The van der Waals surface area contributed by atoms with Crippen molar-refractivity contribution in [1.29, 1.82) is 0 Å². The molecule has 4 nitrogen and oxygen atoms in total. The highest BCUT2D eigenvalue weighted by Crippen LogP contribution is 2.47. The molecule has 1 aliphatic carbocycles. The van der Waals surface area contributed by atoms with Gasteiger partial charge in [-0.25, -0.2) is 0 Å². The van der Waals surface area contributed by atoms with E-state index < -0.39 is 0 Å². The molecular weight excluding hydrogens is 382 g/mol. The van der Waals surface area contributed by atoms with E-state index in [0.29, 0.717) is 10.6 Å². The van der Waals surface area contributed by atoms with Crippen LogP contribution in [0.1, 0.15) is 90.8 Å². The van der Waals surface area contributed by atoms with Crippen molar-refractivity contribution in [2.75, 3.05) is 0 Å². The number of benzene rings is 1. The molecule has 1 heterocycles. The third-order valence-electron chi connectivity index (χ3n) is 5.82. The van der Waals surface area contributed by atoms with Crippen LogP contribution in [-0.4, -0.2) is 19.9 Å². The first-order valence-corrected chi connectivity index (χ1v) is 11.4. The smallest absolute Gasteiger partial charge is 0.208 e. The van der Waals surface area contributed by atoms with E-state index in [-0.39, 0.29) is 28.6 Å². The number of hydrogen-bond donors (Lipinski definition) is 3. The number of rotatable bonds is 3. The Morgan fingerprint density at radius 2 is 1.34 bits per heavy atom. The van der Waals surface area contributed by atoms with Crippen molar-refractivity contribution in [3.63, 3.8) is 0 Å². The fourth-order valence-corrected chi connectivity index (χ4v) is 5.15. The molecule has 1 fully saturated rings. The van der Waals surface area contributed by atoms with Crippen LogP contribution in [-0.2, 0) is 10.8 Å². The summed E-state index contributed by atoms with van der Waals surface area (Å²) in [6.07, 6.45) is 5.46. The van der Waals surface area contributed by atoms with Gasteiger partial charge in [-0.15, -0.1) is 0 Å². The zero-order valence-electron chi connectivity index (χ0n) is 18.5. The van der Waals surface area contributed by atoms with Gasteiger partial charge in [0.2, 0.25) is 5.88 Å². The minimum absolute atomic E-state index is 0.128. The van der Waals surface area contributed by atoms with E-state index in [9.17, 15) is 15.3 Å². The summed E-state index contributed by atoms with van der Waals surface area (Å²) in [5, 5.41) is 32.3. The van der Waals surface area contributed by atoms with Gasteiger partial charge in [0.25, 0.3) is 0 Å². The van der Waals surface area contributed by atoms with E-state index in [2.05, 4.69) is 41.5 Å². The Balaban J connectivity index is 2.02. The number of aromatic nitrogens is 1. The number of phenolic OH excluding ortho intramolecular Hbond substituents is 1. The van der Waals surface area contributed by atoms with Crippen molar-refractivity contribution in [2.45, 2.75) is 100 Å². The minimum Gasteiger partial charge on any atom is -0.507 e. The molecule has 0 amide bonds. The van der Waals surface area contributed by atoms with Gasteiger partial charge in [-0.2, -0.15) is 0 Å². The van der Waals surface area contributed by atoms with Crippen LogP contribution < -0.4 is 0 Å². The van der Waals surface area contributed by atoms with Gasteiger partial charge >= 0.3 is 0 Å². The molecule has 0 spiro atoms. The first kappa shape index (κ1) is 21.9. The summed E-state index contributed by atoms with van der Waals surface area (Å²) in [6, 6.07) is 5.83. The summed E-state index contributed by atoms with van der Waals surface area (Å²) in [4.78, 5) is 1.60. The third kappa shape index (κ3) is 4.55. The number of phenols is 1. The molecule has 160 valence electrons. The molecule has 0 saturated heterocycles. The molecule has 5 heteroatoms. The van der Waals surface area contributed by atoms with Crippen LogP contribution in [0.2, 0.25) is 0 Å². The molecule has 29 heavy (non-hydrogen) atoms. The van der Waals surface area contributed by atoms with Gasteiger partial charge in [-0.1, -0.05) is 72.6 Å². The second kappa shape index (κ2) is 7.82. The second-order valence-electron chi connectivity index (χ2n) is 10.3. The van der Waals surface area contributed by atoms with E-state index in [0.717, 1.165) is 41.7 Å². The molecule has 0 bridgehead atoms. The quantitative estimate of drug-likeness (QED) is 0.510. The van der Waals surface area contributed by atoms with E-state index in [1.165, 1.54) is 18.2 Å². The van der Waals surface area contributed by atoms with E-state index in [1.807, 2.05) is 12.1 Å². The van der Waals surface area contributed by atoms with Crippen LogP contribution in [0.5, 0.6) is 17.5 Å². The van der Waals surface area contributed by atoms with Gasteiger partial charge in [0.15, 0.2) is 5.88 Å². The number of hydrogen-bond acceptors (Lipinski definition) is 4. The monoisotopic (exact) mass is 417 g/mol. The Morgan fingerprint density at radius 3 is 1.83 bits per heavy atom. The standard InChI is InChI=1S/C24H35NO3S/c1-23(2,3)17-12-16(13-18(21(17)27)24(4,5)6)29-19-14-20(26)25(22(19)28)15-10-8-7-9-11-15/h12-15,26-28H,7-11H2,1-6H3. The molecule has 2 aromatic rings. The highest BCUT2D eigenvalue weighted by Gasteiger charge is 2.28. The van der Waals surface area contributed by atoms with Crippen LogP contribution in [0.4, 0.5) is 0 Å². The number of nitrogens with zero attached hydrogens (tertiary/aromatic N) is 1. The lowest BCUT2D eigenvalue weighted by Crippen LogP contribution is -2.17. The Kier molecular flexibility index (Phi) is 5.92. The van der Waals surface area contributed by atoms with Gasteiger partial charge in [0, 0.05) is 28.1 Å². The largest absolute Gasteiger partial charge is 0.507 e. The molecule has 0 unspecified atom stereocenters. The van der Waals surface area contributed by atoms with Crippen LogP contribution >= 0.6 is 11.8 Å². The summed E-state index contributed by atoms with van der Waals surface area (Å²) < 4.78 is 1.69. The van der Waals surface area contributed by atoms with E-state index in [4.69, 9.17) is 0 Å².